The Morgan fingerprint density at radius 1 is 1.34 bits per heavy atom. The van der Waals surface area contributed by atoms with Crippen LogP contribution in [-0.2, 0) is 5.41 Å². The van der Waals surface area contributed by atoms with E-state index < -0.39 is 11.5 Å². The lowest BCUT2D eigenvalue weighted by atomic mass is 9.57. The third kappa shape index (κ3) is 3.89. The van der Waals surface area contributed by atoms with Crippen molar-refractivity contribution in [1.29, 1.82) is 0 Å². The van der Waals surface area contributed by atoms with Crippen LogP contribution in [0.4, 0.5) is 5.69 Å². The number of aromatic nitrogens is 1. The first-order valence-electron chi connectivity index (χ1n) is 9.36. The van der Waals surface area contributed by atoms with Crippen molar-refractivity contribution in [2.45, 2.75) is 32.1 Å². The van der Waals surface area contributed by atoms with E-state index in [1.807, 2.05) is 18.2 Å². The Balaban J connectivity index is 1.90. The predicted molar refractivity (Wildman–Crippen MR) is 113 cm³/mol. The normalized spacial score (nSPS) is 20.8. The fourth-order valence-electron chi connectivity index (χ4n) is 3.93. The van der Waals surface area contributed by atoms with Gasteiger partial charge in [-0.3, -0.25) is 14.4 Å². The zero-order valence-electron chi connectivity index (χ0n) is 16.5. The molecule has 0 spiro atoms. The van der Waals surface area contributed by atoms with Crippen LogP contribution in [0, 0.1) is 5.92 Å². The van der Waals surface area contributed by atoms with E-state index in [4.69, 9.17) is 5.73 Å². The van der Waals surface area contributed by atoms with Gasteiger partial charge in [0.2, 0.25) is 0 Å². The number of carbonyl (C=O) groups is 2. The number of Topliss-reactive ketones (excluding diaryl/α,β-unsaturated/α-hetero) is 1. The number of hydrogen-bond donors (Lipinski definition) is 3. The maximum atomic E-state index is 12.6. The number of anilines is 1. The number of pyridine rings is 1. The topological polar surface area (TPSA) is 117 Å². The number of carbonyl (C=O) groups excluding carboxylic acids is 2. The van der Waals surface area contributed by atoms with Crippen LogP contribution in [-0.4, -0.2) is 23.0 Å². The van der Waals surface area contributed by atoms with Crippen molar-refractivity contribution in [1.82, 2.24) is 4.98 Å². The Bertz CT molecular complexity index is 1060. The molecule has 29 heavy (non-hydrogen) atoms. The Labute approximate surface area is 168 Å². The number of aliphatic imine (C=N–C) groups is 1. The number of nitrogens with one attached hydrogen (secondary N) is 2. The number of benzene rings is 1. The molecule has 3 rings (SSSR count). The minimum absolute atomic E-state index is 0.118. The van der Waals surface area contributed by atoms with Gasteiger partial charge >= 0.3 is 0 Å². The van der Waals surface area contributed by atoms with Gasteiger partial charge < -0.3 is 16.0 Å². The highest BCUT2D eigenvalue weighted by Gasteiger charge is 2.45. The van der Waals surface area contributed by atoms with Crippen LogP contribution in [0.15, 0.2) is 58.6 Å². The lowest BCUT2D eigenvalue weighted by Gasteiger charge is -2.47. The molecule has 1 aliphatic rings. The maximum Gasteiger partial charge on any atom is 0.261 e. The van der Waals surface area contributed by atoms with Crippen molar-refractivity contribution in [2.75, 3.05) is 5.32 Å². The first kappa shape index (κ1) is 20.3. The van der Waals surface area contributed by atoms with E-state index in [1.165, 1.54) is 25.5 Å². The molecule has 1 amide bonds. The molecule has 1 fully saturated rings. The zero-order chi connectivity index (χ0) is 21.2. The number of rotatable bonds is 6. The molecule has 7 nitrogen and oxygen atoms in total. The third-order valence-corrected chi connectivity index (χ3v) is 5.40. The summed E-state index contributed by atoms with van der Waals surface area (Å²) in [7, 11) is 0. The molecule has 1 aromatic carbocycles. The second-order valence-corrected chi connectivity index (χ2v) is 7.54. The van der Waals surface area contributed by atoms with Crippen LogP contribution in [0.3, 0.4) is 0 Å². The lowest BCUT2D eigenvalue weighted by Crippen LogP contribution is -2.41. The van der Waals surface area contributed by atoms with Gasteiger partial charge in [-0.05, 0) is 49.4 Å². The number of amides is 1. The van der Waals surface area contributed by atoms with E-state index in [0.717, 1.165) is 18.4 Å². The molecule has 0 saturated heterocycles. The Morgan fingerprint density at radius 2 is 2.07 bits per heavy atom. The largest absolute Gasteiger partial charge is 0.390 e. The molecule has 0 atom stereocenters. The molecule has 0 radical (unpaired) electrons. The molecule has 1 aromatic heterocycles. The summed E-state index contributed by atoms with van der Waals surface area (Å²) in [4.78, 5) is 42.9. The van der Waals surface area contributed by atoms with Crippen molar-refractivity contribution < 1.29 is 9.59 Å². The zero-order valence-corrected chi connectivity index (χ0v) is 16.5. The molecule has 0 aliphatic heterocycles. The summed E-state index contributed by atoms with van der Waals surface area (Å²) in [5.74, 6) is -0.288. The standard InChI is InChI=1S/C22H24N4O3/c1-13-9-22(10-13,15(3)25-12-23)17-5-4-6-18(8-17)26-21(29)19-7-16(14(2)27)11-24-20(19)28/h4-8,11-13H,3,9-10H2,1-2H3,(H2,23,25)(H,24,28)(H,26,29). The quantitative estimate of drug-likeness (QED) is 0.398. The average Bonchev–Trinajstić information content (AvgIpc) is 2.65. The minimum Gasteiger partial charge on any atom is -0.390 e. The number of nitrogens with two attached hydrogens (primary N) is 1. The lowest BCUT2D eigenvalue weighted by molar-refractivity contribution is 0.101. The minimum atomic E-state index is -0.582. The Kier molecular flexibility index (Phi) is 5.50. The van der Waals surface area contributed by atoms with Gasteiger partial charge in [0.15, 0.2) is 5.78 Å². The fraction of sp³-hybridized carbons (Fsp3) is 0.273. The number of allylic oxidation sites excluding steroid dienone is 1. The van der Waals surface area contributed by atoms with Crippen LogP contribution in [0.2, 0.25) is 0 Å². The number of hydrogen-bond acceptors (Lipinski definition) is 4. The summed E-state index contributed by atoms with van der Waals surface area (Å²) in [5, 5.41) is 2.74. The van der Waals surface area contributed by atoms with E-state index in [9.17, 15) is 14.4 Å². The van der Waals surface area contributed by atoms with Gasteiger partial charge in [0.1, 0.15) is 5.56 Å². The van der Waals surface area contributed by atoms with E-state index in [-0.39, 0.29) is 22.3 Å². The highest BCUT2D eigenvalue weighted by Crippen LogP contribution is 2.52. The summed E-state index contributed by atoms with van der Waals surface area (Å²) in [6.07, 6.45) is 4.32. The number of ketones is 1. The average molecular weight is 392 g/mol. The summed E-state index contributed by atoms with van der Waals surface area (Å²) < 4.78 is 0. The van der Waals surface area contributed by atoms with Gasteiger partial charge in [-0.25, -0.2) is 4.99 Å². The molecule has 1 aliphatic carbocycles. The van der Waals surface area contributed by atoms with E-state index in [2.05, 4.69) is 28.8 Å². The SMILES string of the molecule is C=C(N=CN)C1(c2cccc(NC(=O)c3cc(C(C)=O)c[nH]c3=O)c2)CC(C)C1. The summed E-state index contributed by atoms with van der Waals surface area (Å²) >= 11 is 0. The maximum absolute atomic E-state index is 12.6. The van der Waals surface area contributed by atoms with Crippen LogP contribution < -0.4 is 16.6 Å². The van der Waals surface area contributed by atoms with Gasteiger partial charge in [-0.1, -0.05) is 25.6 Å². The van der Waals surface area contributed by atoms with Crippen molar-refractivity contribution >= 4 is 23.7 Å². The van der Waals surface area contributed by atoms with Crippen LogP contribution in [0.5, 0.6) is 0 Å². The number of H-pyrrole nitrogens is 1. The van der Waals surface area contributed by atoms with Gasteiger partial charge in [0, 0.05) is 28.6 Å². The summed E-state index contributed by atoms with van der Waals surface area (Å²) in [5.41, 5.74) is 6.95. The van der Waals surface area contributed by atoms with Gasteiger partial charge in [0.05, 0.1) is 6.34 Å². The first-order valence-corrected chi connectivity index (χ1v) is 9.36. The fourth-order valence-corrected chi connectivity index (χ4v) is 3.93. The van der Waals surface area contributed by atoms with Crippen molar-refractivity contribution in [3.8, 4) is 0 Å². The molecule has 1 saturated carbocycles. The Morgan fingerprint density at radius 3 is 2.69 bits per heavy atom. The smallest absolute Gasteiger partial charge is 0.261 e. The predicted octanol–water partition coefficient (Wildman–Crippen LogP) is 3.00. The van der Waals surface area contributed by atoms with Crippen LogP contribution in [0.1, 0.15) is 53.0 Å². The van der Waals surface area contributed by atoms with Crippen LogP contribution >= 0.6 is 0 Å². The number of aromatic amines is 1. The highest BCUT2D eigenvalue weighted by molar-refractivity contribution is 6.05. The molecule has 0 bridgehead atoms. The summed E-state index contributed by atoms with van der Waals surface area (Å²) in [6, 6.07) is 8.72. The van der Waals surface area contributed by atoms with Crippen LogP contribution in [0.25, 0.3) is 0 Å². The number of nitrogens with zero attached hydrogens (tertiary/aromatic N) is 1. The molecule has 7 heteroatoms. The van der Waals surface area contributed by atoms with Gasteiger partial charge in [-0.2, -0.15) is 0 Å². The molecule has 1 heterocycles. The molecule has 2 aromatic rings. The molecule has 150 valence electrons. The van der Waals surface area contributed by atoms with Gasteiger partial charge in [-0.15, -0.1) is 0 Å². The molecular weight excluding hydrogens is 368 g/mol. The molecular formula is C22H24N4O3. The van der Waals surface area contributed by atoms with Crippen molar-refractivity contribution in [2.24, 2.45) is 16.6 Å². The first-order chi connectivity index (χ1) is 13.8. The molecule has 0 unspecified atom stereocenters. The van der Waals surface area contributed by atoms with E-state index in [1.54, 1.807) is 6.07 Å². The van der Waals surface area contributed by atoms with E-state index >= 15 is 0 Å². The third-order valence-electron chi connectivity index (χ3n) is 5.40. The second-order valence-electron chi connectivity index (χ2n) is 7.54. The van der Waals surface area contributed by atoms with E-state index in [0.29, 0.717) is 17.3 Å². The van der Waals surface area contributed by atoms with Gasteiger partial charge in [0.25, 0.3) is 11.5 Å². The Hall–Kier alpha value is -3.48. The highest BCUT2D eigenvalue weighted by atomic mass is 16.2. The summed E-state index contributed by atoms with van der Waals surface area (Å²) in [6.45, 7) is 7.62. The molecule has 4 N–H and O–H groups in total. The van der Waals surface area contributed by atoms with Crippen molar-refractivity contribution in [3.05, 3.63) is 75.8 Å². The second kappa shape index (κ2) is 7.87. The van der Waals surface area contributed by atoms with Crippen molar-refractivity contribution in [3.63, 3.8) is 0 Å². The monoisotopic (exact) mass is 392 g/mol.